The third-order valence-electron chi connectivity index (χ3n) is 7.73. The van der Waals surface area contributed by atoms with E-state index in [0.717, 1.165) is 25.7 Å². The molecule has 10 heteroatoms. The van der Waals surface area contributed by atoms with Crippen molar-refractivity contribution in [3.05, 3.63) is 85.3 Å². The number of hydrogen-bond acceptors (Lipinski definition) is 7. The number of allylic oxidation sites excluding steroid dienone is 9. The molecule has 0 radical (unpaired) electrons. The summed E-state index contributed by atoms with van der Waals surface area (Å²) in [6, 6.07) is 0. The Morgan fingerprint density at radius 3 is 1.76 bits per heavy atom. The quantitative estimate of drug-likeness (QED) is 0.0127. The maximum absolute atomic E-state index is 12.2. The van der Waals surface area contributed by atoms with E-state index in [1.807, 2.05) is 42.5 Å². The minimum absolute atomic E-state index is 0.155. The van der Waals surface area contributed by atoms with E-state index >= 15 is 0 Å². The smallest absolute Gasteiger partial charge is 0.469 e. The minimum Gasteiger partial charge on any atom is -0.492 e. The van der Waals surface area contributed by atoms with Gasteiger partial charge in [-0.25, -0.2) is 4.57 Å². The first-order chi connectivity index (χ1) is 24.7. The van der Waals surface area contributed by atoms with Crippen molar-refractivity contribution in [1.29, 1.82) is 0 Å². The lowest BCUT2D eigenvalue weighted by molar-refractivity contribution is -0.147. The summed E-state index contributed by atoms with van der Waals surface area (Å²) >= 11 is 0. The summed E-state index contributed by atoms with van der Waals surface area (Å²) < 4.78 is 26.6. The number of hydrogen-bond donors (Lipinski definition) is 4. The van der Waals surface area contributed by atoms with Gasteiger partial charge >= 0.3 is 13.8 Å². The second-order valence-corrected chi connectivity index (χ2v) is 13.9. The summed E-state index contributed by atoms with van der Waals surface area (Å²) in [5.74, 6) is -0.444. The average molecular weight is 737 g/mol. The Bertz CT molecular complexity index is 1070. The van der Waals surface area contributed by atoms with Crippen molar-refractivity contribution in [1.82, 2.24) is 0 Å². The van der Waals surface area contributed by atoms with Crippen LogP contribution in [0.3, 0.4) is 0 Å². The number of carbonyl (C=O) groups excluding carboxylic acids is 1. The zero-order chi connectivity index (χ0) is 37.7. The molecule has 0 fully saturated rings. The van der Waals surface area contributed by atoms with Crippen molar-refractivity contribution in [2.45, 2.75) is 154 Å². The first-order valence-electron chi connectivity index (χ1n) is 19.2. The summed E-state index contributed by atoms with van der Waals surface area (Å²) in [6.07, 6.45) is 43.1. The molecule has 0 unspecified atom stereocenters. The van der Waals surface area contributed by atoms with Crippen LogP contribution in [-0.4, -0.2) is 57.5 Å². The predicted octanol–water partition coefficient (Wildman–Crippen LogP) is 10.0. The van der Waals surface area contributed by atoms with Crippen LogP contribution in [0.1, 0.15) is 136 Å². The summed E-state index contributed by atoms with van der Waals surface area (Å²) in [4.78, 5) is 30.3. The number of ether oxygens (including phenoxy) is 2. The molecule has 0 saturated heterocycles. The highest BCUT2D eigenvalue weighted by Gasteiger charge is 2.20. The highest BCUT2D eigenvalue weighted by Crippen LogP contribution is 2.35. The Morgan fingerprint density at radius 2 is 1.20 bits per heavy atom. The molecule has 9 nitrogen and oxygen atoms in total. The number of rotatable bonds is 34. The van der Waals surface area contributed by atoms with Gasteiger partial charge in [-0.3, -0.25) is 9.32 Å². The molecule has 51 heavy (non-hydrogen) atoms. The number of phosphoric acid groups is 1. The molecule has 4 N–H and O–H groups in total. The zero-order valence-corrected chi connectivity index (χ0v) is 32.3. The molecule has 0 rings (SSSR count). The lowest BCUT2D eigenvalue weighted by Gasteiger charge is -2.17. The van der Waals surface area contributed by atoms with Gasteiger partial charge in [0.2, 0.25) is 0 Å². The lowest BCUT2D eigenvalue weighted by atomic mass is 10.0. The van der Waals surface area contributed by atoms with E-state index in [1.165, 1.54) is 70.5 Å². The Kier molecular flexibility index (Phi) is 34.1. The van der Waals surface area contributed by atoms with Crippen LogP contribution in [0.5, 0.6) is 0 Å². The van der Waals surface area contributed by atoms with Crippen molar-refractivity contribution in [2.75, 3.05) is 13.2 Å². The largest absolute Gasteiger partial charge is 0.492 e. The molecule has 0 heterocycles. The van der Waals surface area contributed by atoms with E-state index in [0.29, 0.717) is 25.7 Å². The van der Waals surface area contributed by atoms with Gasteiger partial charge in [0.25, 0.3) is 0 Å². The van der Waals surface area contributed by atoms with Crippen molar-refractivity contribution >= 4 is 13.8 Å². The molecule has 0 bridgehead atoms. The van der Waals surface area contributed by atoms with Gasteiger partial charge < -0.3 is 29.5 Å². The monoisotopic (exact) mass is 736 g/mol. The Morgan fingerprint density at radius 1 is 0.647 bits per heavy atom. The van der Waals surface area contributed by atoms with Gasteiger partial charge in [0.15, 0.2) is 6.10 Å². The fraction of sp³-hybridized carbons (Fsp3) is 0.634. The van der Waals surface area contributed by atoms with Gasteiger partial charge in [-0.15, -0.1) is 0 Å². The molecule has 3 atom stereocenters. The van der Waals surface area contributed by atoms with E-state index < -0.39 is 38.7 Å². The molecule has 0 spiro atoms. The van der Waals surface area contributed by atoms with Gasteiger partial charge in [-0.05, 0) is 51.0 Å². The molecule has 0 amide bonds. The normalized spacial score (nSPS) is 14.8. The van der Waals surface area contributed by atoms with Gasteiger partial charge in [0.1, 0.15) is 6.61 Å². The van der Waals surface area contributed by atoms with Crippen LogP contribution < -0.4 is 0 Å². The van der Waals surface area contributed by atoms with Gasteiger partial charge in [-0.2, -0.15) is 0 Å². The van der Waals surface area contributed by atoms with Gasteiger partial charge in [-0.1, -0.05) is 157 Å². The molecular formula is C41H69O9P. The third kappa shape index (κ3) is 38.5. The summed E-state index contributed by atoms with van der Waals surface area (Å²) in [7, 11) is -4.69. The highest BCUT2D eigenvalue weighted by molar-refractivity contribution is 7.46. The van der Waals surface area contributed by atoms with E-state index in [9.17, 15) is 19.6 Å². The van der Waals surface area contributed by atoms with Crippen LogP contribution >= 0.6 is 7.82 Å². The number of unbranched alkanes of at least 4 members (excludes halogenated alkanes) is 12. The second kappa shape index (κ2) is 35.9. The highest BCUT2D eigenvalue weighted by atomic mass is 31.2. The van der Waals surface area contributed by atoms with Crippen LogP contribution in [0.25, 0.3) is 0 Å². The summed E-state index contributed by atoms with van der Waals surface area (Å²) in [5.41, 5.74) is 0. The molecule has 0 aromatic carbocycles. The molecule has 0 saturated carbocycles. The molecule has 0 aromatic heterocycles. The van der Waals surface area contributed by atoms with Crippen LogP contribution in [0.4, 0.5) is 0 Å². The van der Waals surface area contributed by atoms with Crippen molar-refractivity contribution in [3.63, 3.8) is 0 Å². The summed E-state index contributed by atoms with van der Waals surface area (Å²) in [6.45, 7) is 3.70. The first kappa shape index (κ1) is 48.5. The molecule has 0 aliphatic rings. The van der Waals surface area contributed by atoms with Crippen LogP contribution in [0.15, 0.2) is 85.3 Å². The zero-order valence-electron chi connectivity index (χ0n) is 31.4. The van der Waals surface area contributed by atoms with Crippen molar-refractivity contribution in [3.8, 4) is 0 Å². The molecule has 0 aliphatic heterocycles. The number of esters is 1. The minimum atomic E-state index is -4.69. The van der Waals surface area contributed by atoms with E-state index in [1.54, 1.807) is 36.5 Å². The topological polar surface area (TPSA) is 143 Å². The number of aliphatic hydroxyl groups excluding tert-OH is 2. The molecular weight excluding hydrogens is 667 g/mol. The third-order valence-corrected chi connectivity index (χ3v) is 8.21. The summed E-state index contributed by atoms with van der Waals surface area (Å²) in [5, 5.41) is 19.9. The number of phosphoric ester groups is 1. The second-order valence-electron chi connectivity index (χ2n) is 12.6. The molecule has 0 aliphatic carbocycles. The SMILES string of the molecule is CC/C=C\C[C@@H](O)/C=C/C=C\C=C\[C@@H](O)C/C=C\C/C=C\CCC(=O)OC[C@H](COP(=O)(O)O)O/C=C/CCCCCCCCCCCCCC. The fourth-order valence-corrected chi connectivity index (χ4v) is 5.16. The van der Waals surface area contributed by atoms with Crippen molar-refractivity contribution in [2.24, 2.45) is 0 Å². The Hall–Kier alpha value is -2.52. The van der Waals surface area contributed by atoms with Crippen LogP contribution in [-0.2, 0) is 23.4 Å². The number of aliphatic hydroxyl groups is 2. The Balaban J connectivity index is 4.17. The average Bonchev–Trinajstić information content (AvgIpc) is 3.09. The van der Waals surface area contributed by atoms with Gasteiger partial charge in [0, 0.05) is 6.42 Å². The van der Waals surface area contributed by atoms with Gasteiger partial charge in [0.05, 0.1) is 25.1 Å². The van der Waals surface area contributed by atoms with E-state index in [2.05, 4.69) is 18.4 Å². The molecule has 292 valence electrons. The maximum Gasteiger partial charge on any atom is 0.469 e. The van der Waals surface area contributed by atoms with Crippen LogP contribution in [0.2, 0.25) is 0 Å². The Labute approximate surface area is 309 Å². The predicted molar refractivity (Wildman–Crippen MR) is 209 cm³/mol. The lowest BCUT2D eigenvalue weighted by Crippen LogP contribution is -2.25. The maximum atomic E-state index is 12.2. The fourth-order valence-electron chi connectivity index (χ4n) is 4.80. The van der Waals surface area contributed by atoms with E-state index in [4.69, 9.17) is 19.3 Å². The first-order valence-corrected chi connectivity index (χ1v) is 20.7. The number of carbonyl (C=O) groups is 1. The van der Waals surface area contributed by atoms with Crippen molar-refractivity contribution < 1.29 is 43.4 Å². The van der Waals surface area contributed by atoms with Crippen LogP contribution in [0, 0.1) is 0 Å². The molecule has 0 aromatic rings. The van der Waals surface area contributed by atoms with E-state index in [-0.39, 0.29) is 13.0 Å². The standard InChI is InChI=1S/C41H69O9P/c1-3-5-7-8-9-10-11-12-13-14-15-18-23-29-35-48-40(37-50-51(45,46)47)36-49-41(44)34-28-20-17-16-19-25-31-39(43)33-27-22-21-26-32-38(42)30-24-6-4-2/h6,17,19-22,24-27,29,32-33,35,38-40,42-43H,3-5,7-16,18,23,28,30-31,34,36-37H2,1-2H3,(H2,45,46,47)/b20-17-,22-21-,24-6-,25-19-,32-26+,33-27+,35-29+/t38-,39+,40-/m1/s1.